The predicted molar refractivity (Wildman–Crippen MR) is 268 cm³/mol. The number of unbranched alkanes of at least 4 members (excludes halogenated alkanes) is 3. The monoisotopic (exact) mass is 999 g/mol. The average molecular weight is 999 g/mol. The number of fused-ring (bicyclic) bond motifs is 1. The van der Waals surface area contributed by atoms with Crippen molar-refractivity contribution in [3.8, 4) is 23.0 Å². The lowest BCUT2D eigenvalue weighted by atomic mass is 9.52. The largest absolute Gasteiger partial charge is 0.493 e. The van der Waals surface area contributed by atoms with E-state index in [0.29, 0.717) is 102 Å². The van der Waals surface area contributed by atoms with Gasteiger partial charge in [-0.05, 0) is 109 Å². The second kappa shape index (κ2) is 25.8. The van der Waals surface area contributed by atoms with Gasteiger partial charge in [0.25, 0.3) is 0 Å². The Morgan fingerprint density at radius 2 is 1.71 bits per heavy atom. The predicted octanol–water partition coefficient (Wildman–Crippen LogP) is 5.36. The average Bonchev–Trinajstić information content (AvgIpc) is 4.07. The summed E-state index contributed by atoms with van der Waals surface area (Å²) in [6.45, 7) is 19.1. The molecule has 2 aromatic heterocycles. The molecule has 19 heteroatoms. The third-order valence-electron chi connectivity index (χ3n) is 14.3. The number of aromatic carboxylic acids is 1. The van der Waals surface area contributed by atoms with Crippen molar-refractivity contribution in [2.24, 2.45) is 0 Å². The number of aromatic amines is 1. The third kappa shape index (κ3) is 13.1. The number of esters is 1. The number of carbonyl (C=O) groups is 3. The molecule has 2 fully saturated rings. The number of carboxylic acid groups (broad SMARTS) is 1. The fourth-order valence-corrected chi connectivity index (χ4v) is 10.5. The van der Waals surface area contributed by atoms with E-state index in [2.05, 4.69) is 42.6 Å². The Morgan fingerprint density at radius 1 is 0.944 bits per heavy atom. The van der Waals surface area contributed by atoms with E-state index in [1.807, 2.05) is 46.0 Å². The first kappa shape index (κ1) is 54.1. The van der Waals surface area contributed by atoms with Gasteiger partial charge in [-0.3, -0.25) is 19.6 Å². The van der Waals surface area contributed by atoms with Crippen LogP contribution in [0.15, 0.2) is 49.2 Å². The van der Waals surface area contributed by atoms with Gasteiger partial charge in [0, 0.05) is 62.2 Å². The molecule has 2 aromatic carbocycles. The first-order chi connectivity index (χ1) is 34.8. The van der Waals surface area contributed by atoms with Crippen molar-refractivity contribution >= 4 is 17.7 Å². The number of nitrogens with one attached hydrogen (secondary N) is 3. The molecule has 4 aromatic rings. The maximum Gasteiger partial charge on any atom is 0.335 e. The SMILES string of the molecule is C=CCN1CC[C@]23c4c(C)ccc(OC(=O)CCNCc5cn(CCOCCOCCNCCCCCCOc6cc(OCCCc7c(C)n[nH]c7C)cc(C(=O)O)c6)nn5)c4O[C@H]2C(=O)CCC3(O)C1C. The minimum Gasteiger partial charge on any atom is -0.493 e. The van der Waals surface area contributed by atoms with Gasteiger partial charge in [-0.25, -0.2) is 9.48 Å². The highest BCUT2D eigenvalue weighted by Gasteiger charge is 2.70. The van der Waals surface area contributed by atoms with Crippen molar-refractivity contribution < 1.29 is 53.0 Å². The second-order valence-electron chi connectivity index (χ2n) is 19.1. The Hall–Kier alpha value is -5.70. The lowest BCUT2D eigenvalue weighted by Crippen LogP contribution is -2.73. The standard InChI is InChI=1S/C53H74N8O11/c1-6-22-60-23-18-52-48-36(2)13-14-46(49(48)72-50(52)45(62)15-17-53(52,66)39(60)5)71-47(63)16-20-55-34-41-35-61(59-58-41)24-28-68-30-29-67-27-21-54-19-9-7-8-10-25-69-42-31-40(51(64)65)32-43(33-42)70-26-11-12-44-37(3)56-57-38(44)4/h6,13-14,31-33,35,39,50,54-55,66H,1,7-12,15-30,34H2,2-5H3,(H,56,57)(H,64,65)/t39?,50-,52-,53?/m0/s1. The molecule has 0 bridgehead atoms. The minimum atomic E-state index is -1.21. The number of likely N-dealkylation sites (tertiary alicyclic amines) is 1. The van der Waals surface area contributed by atoms with Crippen LogP contribution in [0.3, 0.4) is 0 Å². The zero-order valence-electron chi connectivity index (χ0n) is 42.5. The molecule has 5 N–H and O–H groups in total. The molecule has 0 amide bonds. The van der Waals surface area contributed by atoms with Crippen LogP contribution in [0.1, 0.15) is 109 Å². The summed E-state index contributed by atoms with van der Waals surface area (Å²) in [6, 6.07) is 8.18. The van der Waals surface area contributed by atoms with Gasteiger partial charge in [0.2, 0.25) is 0 Å². The van der Waals surface area contributed by atoms with E-state index < -0.39 is 29.1 Å². The first-order valence-corrected chi connectivity index (χ1v) is 25.6. The van der Waals surface area contributed by atoms with Crippen molar-refractivity contribution in [1.82, 2.24) is 40.7 Å². The minimum absolute atomic E-state index is 0.0387. The lowest BCUT2D eigenvalue weighted by molar-refractivity contribution is -0.180. The molecular formula is C53H74N8O11. The van der Waals surface area contributed by atoms with E-state index in [4.69, 9.17) is 28.4 Å². The summed E-state index contributed by atoms with van der Waals surface area (Å²) in [5.41, 5.74) is 3.62. The van der Waals surface area contributed by atoms with Gasteiger partial charge >= 0.3 is 11.9 Å². The van der Waals surface area contributed by atoms with Crippen molar-refractivity contribution in [2.45, 2.75) is 128 Å². The Labute approximate surface area is 422 Å². The molecule has 72 heavy (non-hydrogen) atoms. The summed E-state index contributed by atoms with van der Waals surface area (Å²) >= 11 is 0. The smallest absolute Gasteiger partial charge is 0.335 e. The molecule has 4 atom stereocenters. The normalized spacial score (nSPS) is 20.4. The van der Waals surface area contributed by atoms with Crippen molar-refractivity contribution in [3.63, 3.8) is 0 Å². The highest BCUT2D eigenvalue weighted by Crippen LogP contribution is 2.62. The fraction of sp³-hybridized carbons (Fsp3) is 0.585. The number of nitrogens with zero attached hydrogens (tertiary/aromatic N) is 5. The first-order valence-electron chi connectivity index (χ1n) is 25.6. The number of hydrogen-bond donors (Lipinski definition) is 5. The fourth-order valence-electron chi connectivity index (χ4n) is 10.5. The van der Waals surface area contributed by atoms with Gasteiger partial charge in [0.05, 0.1) is 80.6 Å². The highest BCUT2D eigenvalue weighted by molar-refractivity contribution is 5.90. The maximum atomic E-state index is 13.4. The maximum absolute atomic E-state index is 13.4. The number of benzene rings is 2. The molecule has 1 saturated carbocycles. The van der Waals surface area contributed by atoms with Crippen LogP contribution in [0.2, 0.25) is 0 Å². The van der Waals surface area contributed by atoms with Crippen LogP contribution in [0, 0.1) is 20.8 Å². The van der Waals surface area contributed by atoms with Crippen LogP contribution in [0.25, 0.3) is 0 Å². The topological polar surface area (TPSA) is 234 Å². The summed E-state index contributed by atoms with van der Waals surface area (Å²) in [7, 11) is 0. The van der Waals surface area contributed by atoms with Crippen LogP contribution >= 0.6 is 0 Å². The molecular weight excluding hydrogens is 925 g/mol. The number of H-pyrrole nitrogens is 1. The quantitative estimate of drug-likeness (QED) is 0.0185. The van der Waals surface area contributed by atoms with E-state index in [9.17, 15) is 24.6 Å². The second-order valence-corrected chi connectivity index (χ2v) is 19.1. The lowest BCUT2D eigenvalue weighted by Gasteiger charge is -2.59. The van der Waals surface area contributed by atoms with Gasteiger partial charge in [0.15, 0.2) is 23.4 Å². The molecule has 0 radical (unpaired) electrons. The van der Waals surface area contributed by atoms with E-state index >= 15 is 0 Å². The number of carboxylic acids is 1. The summed E-state index contributed by atoms with van der Waals surface area (Å²) in [5.74, 6) is 0.116. The number of rotatable bonds is 31. The van der Waals surface area contributed by atoms with E-state index in [-0.39, 0.29) is 36.0 Å². The Kier molecular flexibility index (Phi) is 19.4. The molecule has 1 aliphatic carbocycles. The number of Topliss-reactive ketones (excluding diaryl/α,β-unsaturated/α-hetero) is 1. The number of piperidine rings is 1. The van der Waals surface area contributed by atoms with Crippen LogP contribution in [0.5, 0.6) is 23.0 Å². The van der Waals surface area contributed by atoms with E-state index in [1.165, 1.54) is 17.7 Å². The zero-order valence-corrected chi connectivity index (χ0v) is 42.5. The molecule has 19 nitrogen and oxygen atoms in total. The zero-order chi connectivity index (χ0) is 51.1. The molecule has 1 saturated heterocycles. The van der Waals surface area contributed by atoms with E-state index in [1.54, 1.807) is 16.8 Å². The van der Waals surface area contributed by atoms with Crippen LogP contribution in [0.4, 0.5) is 0 Å². The Bertz CT molecular complexity index is 2440. The summed E-state index contributed by atoms with van der Waals surface area (Å²) in [4.78, 5) is 40.4. The molecule has 2 unspecified atom stereocenters. The number of hydrogen-bond acceptors (Lipinski definition) is 16. The molecule has 2 aliphatic heterocycles. The van der Waals surface area contributed by atoms with Crippen molar-refractivity contribution in [2.75, 3.05) is 72.4 Å². The van der Waals surface area contributed by atoms with Gasteiger partial charge in [0.1, 0.15) is 11.5 Å². The van der Waals surface area contributed by atoms with Gasteiger partial charge in [-0.1, -0.05) is 30.2 Å². The Balaban J connectivity index is 0.691. The summed E-state index contributed by atoms with van der Waals surface area (Å²) < 4.78 is 37.2. The van der Waals surface area contributed by atoms with Gasteiger partial charge in [-0.2, -0.15) is 5.10 Å². The number of carbonyl (C=O) groups excluding carboxylic acids is 2. The van der Waals surface area contributed by atoms with Gasteiger partial charge < -0.3 is 49.3 Å². The molecule has 392 valence electrons. The van der Waals surface area contributed by atoms with Crippen LogP contribution in [-0.4, -0.2) is 148 Å². The third-order valence-corrected chi connectivity index (χ3v) is 14.3. The number of aromatic nitrogens is 5. The molecule has 4 heterocycles. The number of aryl methyl sites for hydroxylation is 3. The van der Waals surface area contributed by atoms with Crippen molar-refractivity contribution in [1.29, 1.82) is 0 Å². The number of ether oxygens (including phenoxy) is 6. The van der Waals surface area contributed by atoms with E-state index in [0.717, 1.165) is 79.8 Å². The Morgan fingerprint density at radius 3 is 2.46 bits per heavy atom. The molecule has 7 rings (SSSR count). The molecule has 1 spiro atoms. The van der Waals surface area contributed by atoms with Crippen LogP contribution in [-0.2, 0) is 44.0 Å². The number of ketones is 1. The summed E-state index contributed by atoms with van der Waals surface area (Å²) in [6.07, 6.45) is 9.57. The van der Waals surface area contributed by atoms with Crippen molar-refractivity contribution in [3.05, 3.63) is 88.5 Å². The number of aliphatic hydroxyl groups is 1. The van der Waals surface area contributed by atoms with Gasteiger partial charge in [-0.15, -0.1) is 11.7 Å². The van der Waals surface area contributed by atoms with Crippen LogP contribution < -0.4 is 29.6 Å². The summed E-state index contributed by atoms with van der Waals surface area (Å²) in [5, 5.41) is 44.3. The highest BCUT2D eigenvalue weighted by atomic mass is 16.6. The molecule has 3 aliphatic rings.